The van der Waals surface area contributed by atoms with Gasteiger partial charge < -0.3 is 5.11 Å². The molecule has 3 unspecified atom stereocenters. The fourth-order valence-corrected chi connectivity index (χ4v) is 4.15. The maximum Gasteiger partial charge on any atom is 0.0778 e. The summed E-state index contributed by atoms with van der Waals surface area (Å²) in [6.45, 7) is 2.17. The van der Waals surface area contributed by atoms with Gasteiger partial charge in [-0.05, 0) is 0 Å². The van der Waals surface area contributed by atoms with E-state index in [-0.39, 0.29) is 6.10 Å². The van der Waals surface area contributed by atoms with E-state index in [0.29, 0.717) is 16.9 Å². The molecule has 1 rings (SSSR count). The van der Waals surface area contributed by atoms with Crippen LogP contribution in [0.15, 0.2) is 0 Å². The fourth-order valence-electron chi connectivity index (χ4n) is 1.31. The van der Waals surface area contributed by atoms with Gasteiger partial charge in [-0.2, -0.15) is 23.5 Å². The van der Waals surface area contributed by atoms with E-state index in [1.807, 2.05) is 23.5 Å². The SMILES string of the molecule is C#CCC(O)C1SCCSC1C. The molecule has 1 fully saturated rings. The highest BCUT2D eigenvalue weighted by Gasteiger charge is 2.28. The van der Waals surface area contributed by atoms with Gasteiger partial charge in [-0.1, -0.05) is 6.92 Å². The highest BCUT2D eigenvalue weighted by molar-refractivity contribution is 8.07. The van der Waals surface area contributed by atoms with Crippen LogP contribution >= 0.6 is 23.5 Å². The average molecular weight is 202 g/mol. The molecule has 0 bridgehead atoms. The van der Waals surface area contributed by atoms with Crippen molar-refractivity contribution in [3.63, 3.8) is 0 Å². The van der Waals surface area contributed by atoms with E-state index in [1.165, 1.54) is 5.75 Å². The second kappa shape index (κ2) is 5.06. The Balaban J connectivity index is 2.43. The third kappa shape index (κ3) is 2.62. The third-order valence-corrected chi connectivity index (χ3v) is 5.18. The summed E-state index contributed by atoms with van der Waals surface area (Å²) >= 11 is 3.78. The van der Waals surface area contributed by atoms with Crippen molar-refractivity contribution in [2.75, 3.05) is 11.5 Å². The first-order valence-electron chi connectivity index (χ1n) is 4.10. The summed E-state index contributed by atoms with van der Waals surface area (Å²) in [4.78, 5) is 0. The largest absolute Gasteiger partial charge is 0.391 e. The van der Waals surface area contributed by atoms with Gasteiger partial charge in [-0.25, -0.2) is 0 Å². The van der Waals surface area contributed by atoms with Gasteiger partial charge in [0.25, 0.3) is 0 Å². The molecule has 1 aliphatic rings. The summed E-state index contributed by atoms with van der Waals surface area (Å²) in [7, 11) is 0. The molecule has 12 heavy (non-hydrogen) atoms. The molecule has 1 N–H and O–H groups in total. The van der Waals surface area contributed by atoms with E-state index in [4.69, 9.17) is 6.42 Å². The Labute approximate surface area is 82.7 Å². The molecule has 0 aliphatic carbocycles. The Morgan fingerprint density at radius 1 is 1.58 bits per heavy atom. The summed E-state index contributed by atoms with van der Waals surface area (Å²) in [6, 6.07) is 0. The molecule has 1 heterocycles. The zero-order valence-electron chi connectivity index (χ0n) is 7.19. The fraction of sp³-hybridized carbons (Fsp3) is 0.778. The van der Waals surface area contributed by atoms with E-state index < -0.39 is 0 Å². The van der Waals surface area contributed by atoms with Crippen molar-refractivity contribution in [3.8, 4) is 12.3 Å². The van der Waals surface area contributed by atoms with Crippen molar-refractivity contribution >= 4 is 23.5 Å². The zero-order valence-corrected chi connectivity index (χ0v) is 8.83. The maximum absolute atomic E-state index is 9.67. The van der Waals surface area contributed by atoms with Crippen LogP contribution in [-0.4, -0.2) is 33.2 Å². The lowest BCUT2D eigenvalue weighted by Gasteiger charge is -2.30. The van der Waals surface area contributed by atoms with Crippen molar-refractivity contribution in [2.45, 2.75) is 29.9 Å². The number of aliphatic hydroxyl groups is 1. The predicted molar refractivity (Wildman–Crippen MR) is 57.6 cm³/mol. The van der Waals surface area contributed by atoms with Gasteiger partial charge in [0.2, 0.25) is 0 Å². The van der Waals surface area contributed by atoms with Crippen LogP contribution in [0.1, 0.15) is 13.3 Å². The van der Waals surface area contributed by atoms with E-state index in [1.54, 1.807) is 0 Å². The Hall–Kier alpha value is 0.220. The second-order valence-electron chi connectivity index (χ2n) is 2.89. The van der Waals surface area contributed by atoms with Crippen LogP contribution in [0.2, 0.25) is 0 Å². The molecule has 3 heteroatoms. The smallest absolute Gasteiger partial charge is 0.0778 e. The lowest BCUT2D eigenvalue weighted by atomic mass is 10.1. The normalized spacial score (nSPS) is 32.4. The van der Waals surface area contributed by atoms with Crippen molar-refractivity contribution in [1.29, 1.82) is 0 Å². The van der Waals surface area contributed by atoms with Gasteiger partial charge in [-0.15, -0.1) is 12.3 Å². The molecule has 0 aromatic heterocycles. The van der Waals surface area contributed by atoms with Gasteiger partial charge in [0.15, 0.2) is 0 Å². The maximum atomic E-state index is 9.67. The Kier molecular flexibility index (Phi) is 4.34. The molecule has 0 aromatic rings. The summed E-state index contributed by atoms with van der Waals surface area (Å²) in [5, 5.41) is 10.5. The Bertz CT molecular complexity index is 176. The van der Waals surface area contributed by atoms with E-state index in [9.17, 15) is 5.11 Å². The molecule has 3 atom stereocenters. The standard InChI is InChI=1S/C9H14OS2/c1-3-4-8(10)9-7(2)11-5-6-12-9/h1,7-10H,4-6H2,2H3. The van der Waals surface area contributed by atoms with Crippen LogP contribution in [0.25, 0.3) is 0 Å². The Morgan fingerprint density at radius 2 is 2.25 bits per heavy atom. The van der Waals surface area contributed by atoms with E-state index >= 15 is 0 Å². The topological polar surface area (TPSA) is 20.2 Å². The Morgan fingerprint density at radius 3 is 2.83 bits per heavy atom. The van der Waals surface area contributed by atoms with Crippen molar-refractivity contribution in [2.24, 2.45) is 0 Å². The number of thioether (sulfide) groups is 2. The highest BCUT2D eigenvalue weighted by atomic mass is 32.2. The third-order valence-electron chi connectivity index (χ3n) is 1.94. The van der Waals surface area contributed by atoms with Gasteiger partial charge in [0.05, 0.1) is 6.10 Å². The van der Waals surface area contributed by atoms with E-state index in [2.05, 4.69) is 12.8 Å². The summed E-state index contributed by atoms with van der Waals surface area (Å²) in [5.41, 5.74) is 0. The lowest BCUT2D eigenvalue weighted by molar-refractivity contribution is 0.176. The minimum atomic E-state index is -0.317. The van der Waals surface area contributed by atoms with Crippen molar-refractivity contribution in [3.05, 3.63) is 0 Å². The quantitative estimate of drug-likeness (QED) is 0.687. The molecule has 0 spiro atoms. The molecular weight excluding hydrogens is 188 g/mol. The van der Waals surface area contributed by atoms with Gasteiger partial charge in [0.1, 0.15) is 0 Å². The molecule has 1 aliphatic heterocycles. The average Bonchev–Trinajstić information content (AvgIpc) is 2.05. The monoisotopic (exact) mass is 202 g/mol. The van der Waals surface area contributed by atoms with Crippen LogP contribution in [0.3, 0.4) is 0 Å². The molecule has 68 valence electrons. The highest BCUT2D eigenvalue weighted by Crippen LogP contribution is 2.33. The van der Waals surface area contributed by atoms with E-state index in [0.717, 1.165) is 5.75 Å². The van der Waals surface area contributed by atoms with Crippen LogP contribution in [-0.2, 0) is 0 Å². The first kappa shape index (κ1) is 10.3. The van der Waals surface area contributed by atoms with Gasteiger partial charge in [0, 0.05) is 28.4 Å². The molecule has 0 amide bonds. The molecular formula is C9H14OS2. The van der Waals surface area contributed by atoms with Crippen LogP contribution in [0.4, 0.5) is 0 Å². The number of hydrogen-bond acceptors (Lipinski definition) is 3. The first-order valence-corrected chi connectivity index (χ1v) is 6.20. The lowest BCUT2D eigenvalue weighted by Crippen LogP contribution is -2.34. The number of terminal acetylenes is 1. The number of aliphatic hydroxyl groups excluding tert-OH is 1. The minimum absolute atomic E-state index is 0.317. The van der Waals surface area contributed by atoms with Crippen LogP contribution in [0, 0.1) is 12.3 Å². The number of rotatable bonds is 2. The summed E-state index contributed by atoms with van der Waals surface area (Å²) < 4.78 is 0. The van der Waals surface area contributed by atoms with Crippen molar-refractivity contribution in [1.82, 2.24) is 0 Å². The van der Waals surface area contributed by atoms with Crippen molar-refractivity contribution < 1.29 is 5.11 Å². The number of hydrogen-bond donors (Lipinski definition) is 1. The zero-order chi connectivity index (χ0) is 8.97. The van der Waals surface area contributed by atoms with Gasteiger partial charge in [-0.3, -0.25) is 0 Å². The molecule has 0 radical (unpaired) electrons. The molecule has 0 aromatic carbocycles. The summed E-state index contributed by atoms with van der Waals surface area (Å²) in [5.74, 6) is 4.85. The summed E-state index contributed by atoms with van der Waals surface area (Å²) in [6.07, 6.45) is 5.33. The minimum Gasteiger partial charge on any atom is -0.391 e. The van der Waals surface area contributed by atoms with Crippen LogP contribution in [0.5, 0.6) is 0 Å². The first-order chi connectivity index (χ1) is 5.75. The van der Waals surface area contributed by atoms with Gasteiger partial charge >= 0.3 is 0 Å². The van der Waals surface area contributed by atoms with Crippen LogP contribution < -0.4 is 0 Å². The molecule has 1 nitrogen and oxygen atoms in total. The molecule has 0 saturated carbocycles. The molecule has 1 saturated heterocycles. The second-order valence-corrected chi connectivity index (χ2v) is 5.66. The predicted octanol–water partition coefficient (Wildman–Crippen LogP) is 1.61.